The zero-order chi connectivity index (χ0) is 22.9. The van der Waals surface area contributed by atoms with Crippen LogP contribution in [0.1, 0.15) is 36.5 Å². The summed E-state index contributed by atoms with van der Waals surface area (Å²) in [6.07, 6.45) is 1.36. The van der Waals surface area contributed by atoms with Crippen molar-refractivity contribution >= 4 is 11.8 Å². The van der Waals surface area contributed by atoms with Crippen LogP contribution in [0.2, 0.25) is 0 Å². The minimum Gasteiger partial charge on any atom is -0.435 e. The summed E-state index contributed by atoms with van der Waals surface area (Å²) in [6, 6.07) is 15.5. The standard InChI is InChI=1S/C24H28F2N2O4/c25-24(26)32-20-9-7-18(8-10-20)21(29)16-27-23(31)19-12-14-28(15-13-19)22(30)11-6-17-4-2-1-3-5-17/h1-5,7-10,19,21,24,29H,6,11-16H2,(H,27,31). The van der Waals surface area contributed by atoms with E-state index in [0.717, 1.165) is 5.56 Å². The van der Waals surface area contributed by atoms with Crippen LogP contribution in [0, 0.1) is 5.92 Å². The number of aryl methyl sites for hydroxylation is 1. The van der Waals surface area contributed by atoms with E-state index in [1.807, 2.05) is 35.2 Å². The summed E-state index contributed by atoms with van der Waals surface area (Å²) in [5, 5.41) is 13.0. The lowest BCUT2D eigenvalue weighted by Gasteiger charge is -2.31. The Morgan fingerprint density at radius 1 is 1.06 bits per heavy atom. The molecule has 2 aromatic carbocycles. The van der Waals surface area contributed by atoms with Gasteiger partial charge in [0.05, 0.1) is 6.10 Å². The number of amides is 2. The van der Waals surface area contributed by atoms with Crippen molar-refractivity contribution in [1.29, 1.82) is 0 Å². The molecule has 1 atom stereocenters. The minimum absolute atomic E-state index is 0.00469. The quantitative estimate of drug-likeness (QED) is 0.620. The van der Waals surface area contributed by atoms with E-state index in [0.29, 0.717) is 44.3 Å². The Labute approximate surface area is 186 Å². The van der Waals surface area contributed by atoms with Gasteiger partial charge < -0.3 is 20.1 Å². The Kier molecular flexibility index (Phi) is 8.56. The Hall–Kier alpha value is -3.00. The summed E-state index contributed by atoms with van der Waals surface area (Å²) in [7, 11) is 0. The van der Waals surface area contributed by atoms with Crippen LogP contribution in [0.5, 0.6) is 5.75 Å². The molecule has 32 heavy (non-hydrogen) atoms. The molecule has 2 aromatic rings. The molecule has 0 radical (unpaired) electrons. The average molecular weight is 446 g/mol. The molecular weight excluding hydrogens is 418 g/mol. The molecule has 0 aliphatic carbocycles. The Bertz CT molecular complexity index is 869. The minimum atomic E-state index is -2.91. The van der Waals surface area contributed by atoms with Gasteiger partial charge in [0, 0.05) is 32.0 Å². The molecule has 2 N–H and O–H groups in total. The number of carbonyl (C=O) groups excluding carboxylic acids is 2. The Morgan fingerprint density at radius 2 is 1.72 bits per heavy atom. The van der Waals surface area contributed by atoms with Gasteiger partial charge in [-0.15, -0.1) is 0 Å². The summed E-state index contributed by atoms with van der Waals surface area (Å²) >= 11 is 0. The van der Waals surface area contributed by atoms with Gasteiger partial charge in [0.25, 0.3) is 0 Å². The van der Waals surface area contributed by atoms with Crippen LogP contribution >= 0.6 is 0 Å². The molecule has 1 saturated heterocycles. The number of benzene rings is 2. The fraction of sp³-hybridized carbons (Fsp3) is 0.417. The van der Waals surface area contributed by atoms with Gasteiger partial charge in [-0.1, -0.05) is 42.5 Å². The molecule has 0 bridgehead atoms. The highest BCUT2D eigenvalue weighted by Gasteiger charge is 2.27. The highest BCUT2D eigenvalue weighted by Crippen LogP contribution is 2.21. The maximum Gasteiger partial charge on any atom is 0.387 e. The zero-order valence-corrected chi connectivity index (χ0v) is 17.8. The van der Waals surface area contributed by atoms with Gasteiger partial charge in [-0.3, -0.25) is 9.59 Å². The monoisotopic (exact) mass is 446 g/mol. The van der Waals surface area contributed by atoms with Gasteiger partial charge in [-0.25, -0.2) is 0 Å². The molecule has 8 heteroatoms. The van der Waals surface area contributed by atoms with Crippen molar-refractivity contribution in [3.05, 3.63) is 65.7 Å². The van der Waals surface area contributed by atoms with Gasteiger partial charge >= 0.3 is 6.61 Å². The van der Waals surface area contributed by atoms with Crippen molar-refractivity contribution < 1.29 is 28.2 Å². The van der Waals surface area contributed by atoms with Crippen LogP contribution < -0.4 is 10.1 Å². The number of hydrogen-bond donors (Lipinski definition) is 2. The third-order valence-electron chi connectivity index (χ3n) is 5.65. The largest absolute Gasteiger partial charge is 0.435 e. The van der Waals surface area contributed by atoms with E-state index in [2.05, 4.69) is 10.1 Å². The number of aliphatic hydroxyl groups is 1. The first-order chi connectivity index (χ1) is 15.4. The number of alkyl halides is 2. The molecule has 1 unspecified atom stereocenters. The van der Waals surface area contributed by atoms with Crippen molar-refractivity contribution in [3.8, 4) is 5.75 Å². The number of ether oxygens (including phenoxy) is 1. The molecule has 3 rings (SSSR count). The van der Waals surface area contributed by atoms with Gasteiger partial charge in [-0.2, -0.15) is 8.78 Å². The van der Waals surface area contributed by atoms with E-state index in [1.54, 1.807) is 0 Å². The van der Waals surface area contributed by atoms with E-state index in [-0.39, 0.29) is 30.0 Å². The summed E-state index contributed by atoms with van der Waals surface area (Å²) in [5.41, 5.74) is 1.62. The summed E-state index contributed by atoms with van der Waals surface area (Å²) in [6.45, 7) is -1.81. The van der Waals surface area contributed by atoms with E-state index in [9.17, 15) is 23.5 Å². The van der Waals surface area contributed by atoms with Crippen LogP contribution in [0.4, 0.5) is 8.78 Å². The fourth-order valence-corrected chi connectivity index (χ4v) is 3.78. The predicted octanol–water partition coefficient (Wildman–Crippen LogP) is 3.31. The van der Waals surface area contributed by atoms with Crippen LogP contribution in [-0.2, 0) is 16.0 Å². The molecule has 6 nitrogen and oxygen atoms in total. The number of piperidine rings is 1. The highest BCUT2D eigenvalue weighted by molar-refractivity contribution is 5.80. The molecule has 1 fully saturated rings. The van der Waals surface area contributed by atoms with E-state index < -0.39 is 12.7 Å². The number of likely N-dealkylation sites (tertiary alicyclic amines) is 1. The van der Waals surface area contributed by atoms with Crippen LogP contribution in [0.15, 0.2) is 54.6 Å². The van der Waals surface area contributed by atoms with Crippen LogP contribution in [0.3, 0.4) is 0 Å². The highest BCUT2D eigenvalue weighted by atomic mass is 19.3. The van der Waals surface area contributed by atoms with Crippen LogP contribution in [-0.4, -0.2) is 48.1 Å². The second kappa shape index (κ2) is 11.6. The Morgan fingerprint density at radius 3 is 2.34 bits per heavy atom. The van der Waals surface area contributed by atoms with E-state index in [1.165, 1.54) is 24.3 Å². The summed E-state index contributed by atoms with van der Waals surface area (Å²) in [5.74, 6) is -0.257. The Balaban J connectivity index is 1.38. The molecule has 1 aliphatic heterocycles. The molecule has 1 aliphatic rings. The number of hydrogen-bond acceptors (Lipinski definition) is 4. The number of halogens is 2. The van der Waals surface area contributed by atoms with Gasteiger partial charge in [0.2, 0.25) is 11.8 Å². The second-order valence-electron chi connectivity index (χ2n) is 7.85. The first-order valence-corrected chi connectivity index (χ1v) is 10.7. The molecule has 172 valence electrons. The lowest BCUT2D eigenvalue weighted by molar-refractivity contribution is -0.135. The third-order valence-corrected chi connectivity index (χ3v) is 5.65. The average Bonchev–Trinajstić information content (AvgIpc) is 2.81. The summed E-state index contributed by atoms with van der Waals surface area (Å²) < 4.78 is 28.7. The SMILES string of the molecule is O=C(NCC(O)c1ccc(OC(F)F)cc1)C1CCN(C(=O)CCc2ccccc2)CC1. The van der Waals surface area contributed by atoms with Crippen molar-refractivity contribution in [2.45, 2.75) is 38.4 Å². The van der Waals surface area contributed by atoms with Crippen molar-refractivity contribution in [3.63, 3.8) is 0 Å². The first-order valence-electron chi connectivity index (χ1n) is 10.7. The van der Waals surface area contributed by atoms with E-state index >= 15 is 0 Å². The third kappa shape index (κ3) is 7.02. The van der Waals surface area contributed by atoms with Crippen molar-refractivity contribution in [2.75, 3.05) is 19.6 Å². The molecule has 0 aromatic heterocycles. The fourth-order valence-electron chi connectivity index (χ4n) is 3.78. The topological polar surface area (TPSA) is 78.9 Å². The number of rotatable bonds is 9. The number of aliphatic hydroxyl groups excluding tert-OH is 1. The van der Waals surface area contributed by atoms with Crippen molar-refractivity contribution in [1.82, 2.24) is 10.2 Å². The number of nitrogens with one attached hydrogen (secondary N) is 1. The lowest BCUT2D eigenvalue weighted by atomic mass is 9.95. The molecule has 0 spiro atoms. The molecule has 1 heterocycles. The number of carbonyl (C=O) groups is 2. The molecular formula is C24H28F2N2O4. The lowest BCUT2D eigenvalue weighted by Crippen LogP contribution is -2.43. The van der Waals surface area contributed by atoms with Gasteiger partial charge in [0.1, 0.15) is 5.75 Å². The first kappa shape index (κ1) is 23.7. The molecule has 2 amide bonds. The normalized spacial score (nSPS) is 15.4. The van der Waals surface area contributed by atoms with Gasteiger partial charge in [0.15, 0.2) is 0 Å². The van der Waals surface area contributed by atoms with Crippen LogP contribution in [0.25, 0.3) is 0 Å². The maximum absolute atomic E-state index is 12.5. The van der Waals surface area contributed by atoms with E-state index in [4.69, 9.17) is 0 Å². The molecule has 0 saturated carbocycles. The van der Waals surface area contributed by atoms with Crippen molar-refractivity contribution in [2.24, 2.45) is 5.92 Å². The summed E-state index contributed by atoms with van der Waals surface area (Å²) in [4.78, 5) is 26.7. The second-order valence-corrected chi connectivity index (χ2v) is 7.85. The maximum atomic E-state index is 12.5. The zero-order valence-electron chi connectivity index (χ0n) is 17.8. The van der Waals surface area contributed by atoms with Gasteiger partial charge in [-0.05, 0) is 42.5 Å². The predicted molar refractivity (Wildman–Crippen MR) is 115 cm³/mol. The number of nitrogens with zero attached hydrogens (tertiary/aromatic N) is 1. The smallest absolute Gasteiger partial charge is 0.387 e.